The Hall–Kier alpha value is -2.93. The zero-order valence-corrected chi connectivity index (χ0v) is 13.6. The van der Waals surface area contributed by atoms with E-state index < -0.39 is 6.10 Å². The van der Waals surface area contributed by atoms with E-state index in [9.17, 15) is 14.3 Å². The third kappa shape index (κ3) is 3.95. The first-order chi connectivity index (χ1) is 12.0. The molecule has 0 spiro atoms. The molecule has 0 aliphatic heterocycles. The highest BCUT2D eigenvalue weighted by Gasteiger charge is 2.15. The predicted molar refractivity (Wildman–Crippen MR) is 89.2 cm³/mol. The van der Waals surface area contributed by atoms with Gasteiger partial charge in [-0.25, -0.2) is 4.39 Å². The number of carbonyl (C=O) groups is 1. The summed E-state index contributed by atoms with van der Waals surface area (Å²) in [5, 5.41) is 17.0. The molecule has 2 N–H and O–H groups in total. The largest absolute Gasteiger partial charge is 0.472 e. The van der Waals surface area contributed by atoms with Gasteiger partial charge < -0.3 is 14.8 Å². The SMILES string of the molecule is Cn1nc(-c2ccc(F)cc2)cc1C(=O)NCC[C@H](O)c1ccoc1. The van der Waals surface area contributed by atoms with Gasteiger partial charge in [-0.2, -0.15) is 5.10 Å². The maximum atomic E-state index is 13.0. The van der Waals surface area contributed by atoms with Gasteiger partial charge in [0.15, 0.2) is 0 Å². The molecule has 6 nitrogen and oxygen atoms in total. The van der Waals surface area contributed by atoms with E-state index in [2.05, 4.69) is 10.4 Å². The van der Waals surface area contributed by atoms with Crippen molar-refractivity contribution in [3.05, 3.63) is 66.0 Å². The van der Waals surface area contributed by atoms with Crippen molar-refractivity contribution in [2.24, 2.45) is 7.05 Å². The van der Waals surface area contributed by atoms with Gasteiger partial charge in [-0.3, -0.25) is 9.48 Å². The molecule has 0 unspecified atom stereocenters. The molecule has 25 heavy (non-hydrogen) atoms. The highest BCUT2D eigenvalue weighted by Crippen LogP contribution is 2.19. The van der Waals surface area contributed by atoms with Gasteiger partial charge in [0.1, 0.15) is 11.5 Å². The molecule has 3 rings (SSSR count). The van der Waals surface area contributed by atoms with E-state index in [4.69, 9.17) is 4.42 Å². The molecule has 1 atom stereocenters. The molecular formula is C18H18FN3O3. The number of rotatable bonds is 6. The molecule has 2 aromatic heterocycles. The number of aryl methyl sites for hydroxylation is 1. The number of nitrogens with zero attached hydrogens (tertiary/aromatic N) is 2. The van der Waals surface area contributed by atoms with Crippen LogP contribution in [0.4, 0.5) is 4.39 Å². The Bertz CT molecular complexity index is 841. The van der Waals surface area contributed by atoms with Gasteiger partial charge in [-0.15, -0.1) is 0 Å². The van der Waals surface area contributed by atoms with Crippen LogP contribution in [0.15, 0.2) is 53.3 Å². The van der Waals surface area contributed by atoms with Crippen LogP contribution in [0.5, 0.6) is 0 Å². The van der Waals surface area contributed by atoms with E-state index in [1.807, 2.05) is 0 Å². The lowest BCUT2D eigenvalue weighted by Crippen LogP contribution is -2.27. The van der Waals surface area contributed by atoms with Crippen molar-refractivity contribution in [2.75, 3.05) is 6.54 Å². The van der Waals surface area contributed by atoms with Crippen LogP contribution in [-0.4, -0.2) is 27.3 Å². The third-order valence-corrected chi connectivity index (χ3v) is 3.88. The smallest absolute Gasteiger partial charge is 0.269 e. The predicted octanol–water partition coefficient (Wildman–Crippen LogP) is 2.67. The minimum Gasteiger partial charge on any atom is -0.472 e. The summed E-state index contributed by atoms with van der Waals surface area (Å²) in [6.07, 6.45) is 2.64. The monoisotopic (exact) mass is 343 g/mol. The number of carbonyl (C=O) groups excluding carboxylic acids is 1. The van der Waals surface area contributed by atoms with Gasteiger partial charge in [0, 0.05) is 24.7 Å². The van der Waals surface area contributed by atoms with Crippen molar-refractivity contribution in [1.82, 2.24) is 15.1 Å². The fourth-order valence-corrected chi connectivity index (χ4v) is 2.49. The van der Waals surface area contributed by atoms with Crippen molar-refractivity contribution in [3.8, 4) is 11.3 Å². The molecule has 0 saturated heterocycles. The normalized spacial score (nSPS) is 12.1. The van der Waals surface area contributed by atoms with Crippen LogP contribution in [0.25, 0.3) is 11.3 Å². The van der Waals surface area contributed by atoms with Crippen molar-refractivity contribution in [2.45, 2.75) is 12.5 Å². The van der Waals surface area contributed by atoms with Crippen molar-refractivity contribution >= 4 is 5.91 Å². The van der Waals surface area contributed by atoms with Gasteiger partial charge in [-0.05, 0) is 42.8 Å². The van der Waals surface area contributed by atoms with E-state index in [0.717, 1.165) is 5.56 Å². The van der Waals surface area contributed by atoms with Crippen molar-refractivity contribution < 1.29 is 18.7 Å². The molecule has 2 heterocycles. The van der Waals surface area contributed by atoms with Crippen molar-refractivity contribution in [1.29, 1.82) is 0 Å². The lowest BCUT2D eigenvalue weighted by atomic mass is 10.1. The highest BCUT2D eigenvalue weighted by molar-refractivity contribution is 5.93. The summed E-state index contributed by atoms with van der Waals surface area (Å²) in [6, 6.07) is 9.25. The molecule has 0 radical (unpaired) electrons. The Labute approximate surface area is 143 Å². The van der Waals surface area contributed by atoms with Crippen molar-refractivity contribution in [3.63, 3.8) is 0 Å². The molecule has 0 aliphatic carbocycles. The summed E-state index contributed by atoms with van der Waals surface area (Å²) in [7, 11) is 1.67. The molecule has 0 aliphatic rings. The van der Waals surface area contributed by atoms with Crippen LogP contribution in [0.1, 0.15) is 28.6 Å². The van der Waals surface area contributed by atoms with E-state index in [0.29, 0.717) is 29.9 Å². The first-order valence-corrected chi connectivity index (χ1v) is 7.83. The van der Waals surface area contributed by atoms with Gasteiger partial charge in [0.25, 0.3) is 5.91 Å². The average molecular weight is 343 g/mol. The summed E-state index contributed by atoms with van der Waals surface area (Å²) in [6.45, 7) is 0.308. The Morgan fingerprint density at radius 1 is 1.36 bits per heavy atom. The minimum absolute atomic E-state index is 0.289. The first-order valence-electron chi connectivity index (χ1n) is 7.83. The first kappa shape index (κ1) is 16.9. The summed E-state index contributed by atoms with van der Waals surface area (Å²) in [5.41, 5.74) is 2.38. The fraction of sp³-hybridized carbons (Fsp3) is 0.222. The standard InChI is InChI=1S/C18H18FN3O3/c1-22-16(10-15(21-22)12-2-4-14(19)5-3-12)18(24)20-8-6-17(23)13-7-9-25-11-13/h2-5,7,9-11,17,23H,6,8H2,1H3,(H,20,24)/t17-/m0/s1. The Morgan fingerprint density at radius 3 is 2.80 bits per heavy atom. The summed E-state index contributed by atoms with van der Waals surface area (Å²) in [4.78, 5) is 12.3. The molecule has 130 valence electrons. The lowest BCUT2D eigenvalue weighted by molar-refractivity contribution is 0.0933. The Morgan fingerprint density at radius 2 is 2.12 bits per heavy atom. The van der Waals surface area contributed by atoms with Crippen LogP contribution >= 0.6 is 0 Å². The minimum atomic E-state index is -0.694. The quantitative estimate of drug-likeness (QED) is 0.721. The van der Waals surface area contributed by atoms with Gasteiger partial charge in [0.05, 0.1) is 24.3 Å². The zero-order valence-electron chi connectivity index (χ0n) is 13.6. The molecule has 3 aromatic rings. The molecule has 0 fully saturated rings. The van der Waals surface area contributed by atoms with Gasteiger partial charge in [-0.1, -0.05) is 0 Å². The number of amides is 1. The van der Waals surface area contributed by atoms with Crippen LogP contribution < -0.4 is 5.32 Å². The van der Waals surface area contributed by atoms with E-state index in [1.54, 1.807) is 31.3 Å². The number of nitrogens with one attached hydrogen (secondary N) is 1. The second kappa shape index (κ2) is 7.31. The second-order valence-corrected chi connectivity index (χ2v) is 5.66. The molecule has 1 amide bonds. The number of halogens is 1. The number of aromatic nitrogens is 2. The molecular weight excluding hydrogens is 325 g/mol. The highest BCUT2D eigenvalue weighted by atomic mass is 19.1. The number of hydrogen-bond acceptors (Lipinski definition) is 4. The lowest BCUT2D eigenvalue weighted by Gasteiger charge is -2.09. The Balaban J connectivity index is 1.61. The van der Waals surface area contributed by atoms with Gasteiger partial charge in [0.2, 0.25) is 0 Å². The number of aliphatic hydroxyl groups excluding tert-OH is 1. The summed E-state index contributed by atoms with van der Waals surface area (Å²) >= 11 is 0. The summed E-state index contributed by atoms with van der Waals surface area (Å²) < 4.78 is 19.4. The van der Waals surface area contributed by atoms with Crippen LogP contribution in [0.2, 0.25) is 0 Å². The molecule has 0 bridgehead atoms. The maximum absolute atomic E-state index is 13.0. The topological polar surface area (TPSA) is 80.3 Å². The Kier molecular flexibility index (Phi) is 4.95. The zero-order chi connectivity index (χ0) is 17.8. The molecule has 1 aromatic carbocycles. The second-order valence-electron chi connectivity index (χ2n) is 5.66. The van der Waals surface area contributed by atoms with E-state index in [-0.39, 0.29) is 11.7 Å². The van der Waals surface area contributed by atoms with Crippen LogP contribution in [0.3, 0.4) is 0 Å². The maximum Gasteiger partial charge on any atom is 0.269 e. The number of benzene rings is 1. The number of aliphatic hydroxyl groups is 1. The van der Waals surface area contributed by atoms with Gasteiger partial charge >= 0.3 is 0 Å². The average Bonchev–Trinajstić information content (AvgIpc) is 3.25. The summed E-state index contributed by atoms with van der Waals surface area (Å²) in [5.74, 6) is -0.614. The van der Waals surface area contributed by atoms with E-state index in [1.165, 1.54) is 29.3 Å². The van der Waals surface area contributed by atoms with Crippen LogP contribution in [-0.2, 0) is 7.05 Å². The molecule has 7 heteroatoms. The molecule has 0 saturated carbocycles. The van der Waals surface area contributed by atoms with E-state index >= 15 is 0 Å². The number of hydrogen-bond donors (Lipinski definition) is 2. The third-order valence-electron chi connectivity index (χ3n) is 3.88. The number of furan rings is 1. The van der Waals surface area contributed by atoms with Crippen LogP contribution in [0, 0.1) is 5.82 Å². The fourth-order valence-electron chi connectivity index (χ4n) is 2.49.